The first kappa shape index (κ1) is 11.1. The van der Waals surface area contributed by atoms with Crippen molar-refractivity contribution in [3.8, 4) is 11.6 Å². The number of ether oxygens (including phenoxy) is 1. The zero-order valence-corrected chi connectivity index (χ0v) is 9.24. The van der Waals surface area contributed by atoms with E-state index in [4.69, 9.17) is 4.74 Å². The van der Waals surface area contributed by atoms with Gasteiger partial charge in [-0.25, -0.2) is 0 Å². The number of nitrogens with zero attached hydrogens (tertiary/aromatic N) is 2. The van der Waals surface area contributed by atoms with Crippen LogP contribution in [0.25, 0.3) is 0 Å². The molecule has 0 radical (unpaired) electrons. The van der Waals surface area contributed by atoms with Crippen LogP contribution in [-0.2, 0) is 6.54 Å². The van der Waals surface area contributed by atoms with E-state index >= 15 is 0 Å². The largest absolute Gasteiger partial charge is 0.437 e. The third-order valence-electron chi connectivity index (χ3n) is 2.16. The lowest BCUT2D eigenvalue weighted by atomic mass is 10.3. The molecule has 4 heteroatoms. The summed E-state index contributed by atoms with van der Waals surface area (Å²) in [7, 11) is 0. The van der Waals surface area contributed by atoms with E-state index in [0.29, 0.717) is 23.7 Å². The summed E-state index contributed by atoms with van der Waals surface area (Å²) >= 11 is 0. The molecule has 4 nitrogen and oxygen atoms in total. The van der Waals surface area contributed by atoms with Crippen LogP contribution in [0.4, 0.5) is 0 Å². The Bertz CT molecular complexity index is 517. The van der Waals surface area contributed by atoms with Gasteiger partial charge in [-0.2, -0.15) is 0 Å². The maximum Gasteiger partial charge on any atom is 0.248 e. The number of aldehydes is 1. The lowest BCUT2D eigenvalue weighted by molar-refractivity contribution is 0.112. The number of aromatic nitrogens is 2. The minimum atomic E-state index is 0.313. The maximum atomic E-state index is 10.9. The zero-order valence-electron chi connectivity index (χ0n) is 9.24. The Morgan fingerprint density at radius 1 is 1.35 bits per heavy atom. The molecule has 0 fully saturated rings. The first-order chi connectivity index (χ1) is 8.33. The molecular weight excluding hydrogens is 216 g/mol. The minimum absolute atomic E-state index is 0.313. The monoisotopic (exact) mass is 228 g/mol. The molecule has 0 aliphatic heterocycles. The fourth-order valence-corrected chi connectivity index (χ4v) is 1.41. The second kappa shape index (κ2) is 5.12. The number of hydrogen-bond donors (Lipinski definition) is 0. The highest BCUT2D eigenvalue weighted by Crippen LogP contribution is 2.22. The average Bonchev–Trinajstić information content (AvgIpc) is 2.73. The molecule has 1 aromatic heterocycles. The third kappa shape index (κ3) is 2.60. The van der Waals surface area contributed by atoms with Crippen molar-refractivity contribution in [3.63, 3.8) is 0 Å². The number of allylic oxidation sites excluding steroid dienone is 1. The van der Waals surface area contributed by atoms with Gasteiger partial charge < -0.3 is 4.74 Å². The molecule has 2 rings (SSSR count). The Balaban J connectivity index is 2.25. The smallest absolute Gasteiger partial charge is 0.248 e. The molecule has 0 saturated heterocycles. The number of benzene rings is 1. The number of hydrogen-bond acceptors (Lipinski definition) is 3. The molecule has 0 atom stereocenters. The van der Waals surface area contributed by atoms with E-state index in [-0.39, 0.29) is 0 Å². The number of carbonyl (C=O) groups excluding carboxylic acids is 1. The molecule has 2 aromatic rings. The van der Waals surface area contributed by atoms with Gasteiger partial charge in [-0.1, -0.05) is 24.3 Å². The molecule has 0 N–H and O–H groups in total. The highest BCUT2D eigenvalue weighted by Gasteiger charge is 2.09. The molecule has 0 spiro atoms. The summed E-state index contributed by atoms with van der Waals surface area (Å²) in [4.78, 5) is 10.9. The molecule has 0 saturated carbocycles. The van der Waals surface area contributed by atoms with Gasteiger partial charge in [0, 0.05) is 6.20 Å². The molecule has 0 bridgehead atoms. The molecule has 1 aromatic carbocycles. The molecule has 17 heavy (non-hydrogen) atoms. The van der Waals surface area contributed by atoms with Crippen molar-refractivity contribution >= 4 is 6.29 Å². The second-order valence-corrected chi connectivity index (χ2v) is 3.43. The van der Waals surface area contributed by atoms with Crippen LogP contribution in [0.5, 0.6) is 11.6 Å². The normalized spacial score (nSPS) is 9.88. The molecule has 0 aliphatic rings. The van der Waals surface area contributed by atoms with E-state index in [2.05, 4.69) is 11.7 Å². The predicted octanol–water partition coefficient (Wildman–Crippen LogP) is 2.67. The van der Waals surface area contributed by atoms with Gasteiger partial charge in [-0.3, -0.25) is 9.48 Å². The Kier molecular flexibility index (Phi) is 3.35. The summed E-state index contributed by atoms with van der Waals surface area (Å²) in [5.74, 6) is 0.965. The van der Waals surface area contributed by atoms with Crippen molar-refractivity contribution in [2.75, 3.05) is 0 Å². The van der Waals surface area contributed by atoms with Gasteiger partial charge in [0.2, 0.25) is 5.88 Å². The maximum absolute atomic E-state index is 10.9. The standard InChI is InChI=1S/C13H12N2O2/c1-2-8-15-9-11(10-16)13(14-15)17-12-6-4-3-5-7-12/h2-7,9-10H,1,8H2. The second-order valence-electron chi connectivity index (χ2n) is 3.43. The Morgan fingerprint density at radius 3 is 2.76 bits per heavy atom. The molecular formula is C13H12N2O2. The average molecular weight is 228 g/mol. The zero-order chi connectivity index (χ0) is 12.1. The van der Waals surface area contributed by atoms with E-state index in [1.54, 1.807) is 29.1 Å². The fourth-order valence-electron chi connectivity index (χ4n) is 1.41. The van der Waals surface area contributed by atoms with Crippen LogP contribution in [0.2, 0.25) is 0 Å². The van der Waals surface area contributed by atoms with Crippen molar-refractivity contribution in [1.82, 2.24) is 9.78 Å². The lowest BCUT2D eigenvalue weighted by Crippen LogP contribution is -1.95. The van der Waals surface area contributed by atoms with E-state index in [1.165, 1.54) is 0 Å². The summed E-state index contributed by atoms with van der Waals surface area (Å²) in [6.45, 7) is 4.16. The van der Waals surface area contributed by atoms with E-state index < -0.39 is 0 Å². The van der Waals surface area contributed by atoms with Crippen molar-refractivity contribution in [2.45, 2.75) is 6.54 Å². The van der Waals surface area contributed by atoms with Crippen LogP contribution in [0, 0.1) is 0 Å². The van der Waals surface area contributed by atoms with Crippen molar-refractivity contribution in [2.24, 2.45) is 0 Å². The van der Waals surface area contributed by atoms with Crippen molar-refractivity contribution in [1.29, 1.82) is 0 Å². The SMILES string of the molecule is C=CCn1cc(C=O)c(Oc2ccccc2)n1. The number of carbonyl (C=O) groups is 1. The summed E-state index contributed by atoms with van der Waals surface area (Å²) < 4.78 is 7.14. The summed E-state index contributed by atoms with van der Waals surface area (Å²) in [6, 6.07) is 9.22. The van der Waals surface area contributed by atoms with Gasteiger partial charge >= 0.3 is 0 Å². The summed E-state index contributed by atoms with van der Waals surface area (Å²) in [5.41, 5.74) is 0.427. The molecule has 0 unspecified atom stereocenters. The highest BCUT2D eigenvalue weighted by molar-refractivity contribution is 5.77. The summed E-state index contributed by atoms with van der Waals surface area (Å²) in [5, 5.41) is 4.16. The van der Waals surface area contributed by atoms with Crippen LogP contribution >= 0.6 is 0 Å². The van der Waals surface area contributed by atoms with E-state index in [0.717, 1.165) is 6.29 Å². The van der Waals surface area contributed by atoms with E-state index in [1.807, 2.05) is 18.2 Å². The van der Waals surface area contributed by atoms with Gasteiger partial charge in [0.25, 0.3) is 0 Å². The van der Waals surface area contributed by atoms with Gasteiger partial charge in [0.05, 0.1) is 12.1 Å². The molecule has 86 valence electrons. The molecule has 0 amide bonds. The highest BCUT2D eigenvalue weighted by atomic mass is 16.5. The van der Waals surface area contributed by atoms with Crippen LogP contribution in [-0.4, -0.2) is 16.1 Å². The number of para-hydroxylation sites is 1. The van der Waals surface area contributed by atoms with Crippen LogP contribution in [0.3, 0.4) is 0 Å². The van der Waals surface area contributed by atoms with E-state index in [9.17, 15) is 4.79 Å². The Morgan fingerprint density at radius 2 is 2.12 bits per heavy atom. The lowest BCUT2D eigenvalue weighted by Gasteiger charge is -2.01. The van der Waals surface area contributed by atoms with Crippen LogP contribution < -0.4 is 4.74 Å². The first-order valence-electron chi connectivity index (χ1n) is 5.20. The quantitative estimate of drug-likeness (QED) is 0.583. The van der Waals surface area contributed by atoms with Crippen LogP contribution in [0.1, 0.15) is 10.4 Å². The van der Waals surface area contributed by atoms with Gasteiger partial charge in [0.1, 0.15) is 5.75 Å². The number of rotatable bonds is 5. The third-order valence-corrected chi connectivity index (χ3v) is 2.16. The van der Waals surface area contributed by atoms with Gasteiger partial charge in [0.15, 0.2) is 6.29 Å². The van der Waals surface area contributed by atoms with Crippen molar-refractivity contribution < 1.29 is 9.53 Å². The van der Waals surface area contributed by atoms with Crippen LogP contribution in [0.15, 0.2) is 49.2 Å². The van der Waals surface area contributed by atoms with Gasteiger partial charge in [-0.15, -0.1) is 11.7 Å². The minimum Gasteiger partial charge on any atom is -0.437 e. The topological polar surface area (TPSA) is 44.1 Å². The van der Waals surface area contributed by atoms with Gasteiger partial charge in [-0.05, 0) is 12.1 Å². The molecule has 1 heterocycles. The van der Waals surface area contributed by atoms with Crippen molar-refractivity contribution in [3.05, 3.63) is 54.7 Å². The predicted molar refractivity (Wildman–Crippen MR) is 64.3 cm³/mol. The Labute approximate surface area is 99.1 Å². The fraction of sp³-hybridized carbons (Fsp3) is 0.0769. The first-order valence-corrected chi connectivity index (χ1v) is 5.20. The Hall–Kier alpha value is -2.36. The molecule has 0 aliphatic carbocycles. The summed E-state index contributed by atoms with van der Waals surface area (Å²) in [6.07, 6.45) is 4.06.